The highest BCUT2D eigenvalue weighted by atomic mass is 32.2. The van der Waals surface area contributed by atoms with Gasteiger partial charge < -0.3 is 5.32 Å². The van der Waals surface area contributed by atoms with Crippen LogP contribution in [0.4, 0.5) is 0 Å². The Morgan fingerprint density at radius 1 is 1.30 bits per heavy atom. The van der Waals surface area contributed by atoms with E-state index < -0.39 is 9.84 Å². The van der Waals surface area contributed by atoms with E-state index in [1.165, 1.54) is 6.26 Å². The van der Waals surface area contributed by atoms with Crippen LogP contribution in [0.1, 0.15) is 13.8 Å². The van der Waals surface area contributed by atoms with Crippen molar-refractivity contribution in [3.63, 3.8) is 0 Å². The molecule has 3 nitrogen and oxygen atoms in total. The predicted octanol–water partition coefficient (Wildman–Crippen LogP) is 0.0274. The first-order chi connectivity index (χ1) is 4.39. The molecule has 0 aromatic carbocycles. The van der Waals surface area contributed by atoms with Crippen molar-refractivity contribution >= 4 is 9.84 Å². The summed E-state index contributed by atoms with van der Waals surface area (Å²) in [6, 6.07) is 0.0231. The van der Waals surface area contributed by atoms with Crippen molar-refractivity contribution in [1.29, 1.82) is 0 Å². The molecule has 62 valence electrons. The molecule has 0 saturated heterocycles. The minimum atomic E-state index is -2.88. The summed E-state index contributed by atoms with van der Waals surface area (Å²) in [6.07, 6.45) is 1.26. The van der Waals surface area contributed by atoms with Gasteiger partial charge in [0.05, 0.1) is 5.25 Å². The fourth-order valence-electron chi connectivity index (χ4n) is 0.605. The van der Waals surface area contributed by atoms with Crippen LogP contribution in [0.3, 0.4) is 0 Å². The van der Waals surface area contributed by atoms with E-state index in [1.54, 1.807) is 14.0 Å². The van der Waals surface area contributed by atoms with Crippen LogP contribution in [0.15, 0.2) is 0 Å². The van der Waals surface area contributed by atoms with Crippen LogP contribution in [0.5, 0.6) is 0 Å². The predicted molar refractivity (Wildman–Crippen MR) is 42.8 cm³/mol. The highest BCUT2D eigenvalue weighted by Crippen LogP contribution is 2.02. The molecule has 0 aliphatic carbocycles. The lowest BCUT2D eigenvalue weighted by molar-refractivity contribution is 0.544. The van der Waals surface area contributed by atoms with Gasteiger partial charge in [0.2, 0.25) is 0 Å². The smallest absolute Gasteiger partial charge is 0.151 e. The Bertz CT molecular complexity index is 186. The first-order valence-electron chi connectivity index (χ1n) is 3.25. The van der Waals surface area contributed by atoms with Crippen molar-refractivity contribution < 1.29 is 8.42 Å². The number of hydrogen-bond donors (Lipinski definition) is 1. The maximum Gasteiger partial charge on any atom is 0.151 e. The Labute approximate surface area is 62.7 Å². The highest BCUT2D eigenvalue weighted by molar-refractivity contribution is 7.91. The van der Waals surface area contributed by atoms with Gasteiger partial charge in [-0.05, 0) is 20.9 Å². The van der Waals surface area contributed by atoms with E-state index >= 15 is 0 Å². The maximum absolute atomic E-state index is 10.9. The zero-order chi connectivity index (χ0) is 8.36. The third-order valence-electron chi connectivity index (χ3n) is 1.83. The van der Waals surface area contributed by atoms with Crippen molar-refractivity contribution in [2.45, 2.75) is 25.1 Å². The number of hydrogen-bond acceptors (Lipinski definition) is 3. The Morgan fingerprint density at radius 3 is 1.80 bits per heavy atom. The molecule has 0 spiro atoms. The van der Waals surface area contributed by atoms with Crippen LogP contribution in [0.25, 0.3) is 0 Å². The van der Waals surface area contributed by atoms with Gasteiger partial charge in [-0.25, -0.2) is 8.42 Å². The number of sulfone groups is 1. The van der Waals surface area contributed by atoms with Crippen LogP contribution in [-0.2, 0) is 9.84 Å². The largest absolute Gasteiger partial charge is 0.316 e. The van der Waals surface area contributed by atoms with Gasteiger partial charge in [-0.1, -0.05) is 0 Å². The highest BCUT2D eigenvalue weighted by Gasteiger charge is 2.19. The normalized spacial score (nSPS) is 18.4. The zero-order valence-electron chi connectivity index (χ0n) is 6.88. The monoisotopic (exact) mass is 165 g/mol. The molecule has 0 rings (SSSR count). The second kappa shape index (κ2) is 3.34. The fraction of sp³-hybridized carbons (Fsp3) is 1.00. The van der Waals surface area contributed by atoms with Gasteiger partial charge in [0.25, 0.3) is 0 Å². The summed E-state index contributed by atoms with van der Waals surface area (Å²) in [5.41, 5.74) is 0. The average molecular weight is 165 g/mol. The van der Waals surface area contributed by atoms with Gasteiger partial charge in [0, 0.05) is 12.3 Å². The lowest BCUT2D eigenvalue weighted by Gasteiger charge is -2.16. The van der Waals surface area contributed by atoms with Crippen LogP contribution >= 0.6 is 0 Å². The standard InChI is InChI=1S/C6H15NO2S/c1-5(7-3)6(2)10(4,8)9/h5-7H,1-4H3/t5-,6-/m1/s1. The molecule has 0 heterocycles. The lowest BCUT2D eigenvalue weighted by Crippen LogP contribution is -2.37. The molecule has 0 aromatic heterocycles. The molecular formula is C6H15NO2S. The van der Waals surface area contributed by atoms with Crippen LogP contribution in [0.2, 0.25) is 0 Å². The van der Waals surface area contributed by atoms with E-state index in [4.69, 9.17) is 0 Å². The molecule has 0 radical (unpaired) electrons. The molecule has 0 bridgehead atoms. The average Bonchev–Trinajstić information content (AvgIpc) is 1.83. The van der Waals surface area contributed by atoms with E-state index in [-0.39, 0.29) is 11.3 Å². The molecule has 0 amide bonds. The first kappa shape index (κ1) is 9.91. The molecule has 1 N–H and O–H groups in total. The molecule has 0 aliphatic heterocycles. The third kappa shape index (κ3) is 2.66. The summed E-state index contributed by atoms with van der Waals surface area (Å²) in [5.74, 6) is 0. The van der Waals surface area contributed by atoms with Crippen molar-refractivity contribution in [1.82, 2.24) is 5.32 Å². The van der Waals surface area contributed by atoms with Crippen LogP contribution in [0, 0.1) is 0 Å². The van der Waals surface area contributed by atoms with Crippen LogP contribution in [-0.4, -0.2) is 33.0 Å². The molecule has 0 aliphatic rings. The minimum Gasteiger partial charge on any atom is -0.316 e. The Kier molecular flexibility index (Phi) is 3.31. The maximum atomic E-state index is 10.9. The van der Waals surface area contributed by atoms with Gasteiger partial charge in [-0.3, -0.25) is 0 Å². The minimum absolute atomic E-state index is 0.0231. The van der Waals surface area contributed by atoms with Crippen molar-refractivity contribution in [3.8, 4) is 0 Å². The van der Waals surface area contributed by atoms with E-state index in [1.807, 2.05) is 6.92 Å². The molecular weight excluding hydrogens is 150 g/mol. The van der Waals surface area contributed by atoms with Gasteiger partial charge in [0.1, 0.15) is 0 Å². The zero-order valence-corrected chi connectivity index (χ0v) is 7.70. The SMILES string of the molecule is CN[C@H](C)[C@@H](C)S(C)(=O)=O. The Morgan fingerprint density at radius 2 is 1.70 bits per heavy atom. The molecule has 2 atom stereocenters. The summed E-state index contributed by atoms with van der Waals surface area (Å²) < 4.78 is 21.8. The van der Waals surface area contributed by atoms with Gasteiger partial charge in [-0.2, -0.15) is 0 Å². The summed E-state index contributed by atoms with van der Waals surface area (Å²) >= 11 is 0. The van der Waals surface area contributed by atoms with Crippen LogP contribution < -0.4 is 5.32 Å². The number of nitrogens with one attached hydrogen (secondary N) is 1. The molecule has 4 heteroatoms. The second-order valence-corrected chi connectivity index (χ2v) is 5.01. The van der Waals surface area contributed by atoms with Crippen molar-refractivity contribution in [2.24, 2.45) is 0 Å². The Hall–Kier alpha value is -0.0900. The fourth-order valence-corrected chi connectivity index (χ4v) is 1.48. The number of rotatable bonds is 3. The quantitative estimate of drug-likeness (QED) is 0.641. The molecule has 0 fully saturated rings. The molecule has 10 heavy (non-hydrogen) atoms. The summed E-state index contributed by atoms with van der Waals surface area (Å²) in [5, 5.41) is 2.58. The van der Waals surface area contributed by atoms with Gasteiger partial charge in [-0.15, -0.1) is 0 Å². The van der Waals surface area contributed by atoms with E-state index in [9.17, 15) is 8.42 Å². The van der Waals surface area contributed by atoms with Crippen molar-refractivity contribution in [2.75, 3.05) is 13.3 Å². The van der Waals surface area contributed by atoms with Gasteiger partial charge in [0.15, 0.2) is 9.84 Å². The van der Waals surface area contributed by atoms with E-state index in [0.29, 0.717) is 0 Å². The lowest BCUT2D eigenvalue weighted by atomic mass is 10.3. The van der Waals surface area contributed by atoms with E-state index in [0.717, 1.165) is 0 Å². The third-order valence-corrected chi connectivity index (χ3v) is 3.59. The van der Waals surface area contributed by atoms with E-state index in [2.05, 4.69) is 5.32 Å². The molecule has 0 unspecified atom stereocenters. The Balaban J connectivity index is 4.23. The summed E-state index contributed by atoms with van der Waals surface area (Å²) in [7, 11) is -1.12. The summed E-state index contributed by atoms with van der Waals surface area (Å²) in [6.45, 7) is 3.56. The molecule has 0 aromatic rings. The molecule has 0 saturated carbocycles. The first-order valence-corrected chi connectivity index (χ1v) is 5.21. The van der Waals surface area contributed by atoms with Gasteiger partial charge >= 0.3 is 0 Å². The second-order valence-electron chi connectivity index (χ2n) is 2.61. The van der Waals surface area contributed by atoms with Crippen molar-refractivity contribution in [3.05, 3.63) is 0 Å². The topological polar surface area (TPSA) is 46.2 Å². The summed E-state index contributed by atoms with van der Waals surface area (Å²) in [4.78, 5) is 0.